The summed E-state index contributed by atoms with van der Waals surface area (Å²) >= 11 is 11.8. The second-order valence-electron chi connectivity index (χ2n) is 4.40. The number of aldehydes is 1. The van der Waals surface area contributed by atoms with Gasteiger partial charge in [0, 0.05) is 0 Å². The van der Waals surface area contributed by atoms with E-state index in [0.717, 1.165) is 17.6 Å². The third kappa shape index (κ3) is 4.13. The van der Waals surface area contributed by atoms with E-state index in [1.165, 1.54) is 0 Å². The zero-order chi connectivity index (χ0) is 15.2. The first-order chi connectivity index (χ1) is 10.1. The molecule has 0 aliphatic carbocycles. The summed E-state index contributed by atoms with van der Waals surface area (Å²) in [6.45, 7) is 0.230. The van der Waals surface area contributed by atoms with Crippen molar-refractivity contribution in [3.8, 4) is 11.5 Å². The largest absolute Gasteiger partial charge is 0.497 e. The maximum absolute atomic E-state index is 11.2. The van der Waals surface area contributed by atoms with Crippen LogP contribution >= 0.6 is 23.2 Å². The van der Waals surface area contributed by atoms with Crippen LogP contribution < -0.4 is 9.47 Å². The monoisotopic (exact) mass is 324 g/mol. The van der Waals surface area contributed by atoms with Gasteiger partial charge in [0.2, 0.25) is 0 Å². The highest BCUT2D eigenvalue weighted by atomic mass is 35.5. The van der Waals surface area contributed by atoms with Gasteiger partial charge in [-0.2, -0.15) is 0 Å². The molecule has 0 aliphatic heterocycles. The molecule has 0 aromatic heterocycles. The average Bonchev–Trinajstić information content (AvgIpc) is 2.52. The van der Waals surface area contributed by atoms with Crippen molar-refractivity contribution in [2.75, 3.05) is 13.7 Å². The minimum Gasteiger partial charge on any atom is -0.497 e. The van der Waals surface area contributed by atoms with E-state index in [2.05, 4.69) is 0 Å². The topological polar surface area (TPSA) is 35.5 Å². The normalized spacial score (nSPS) is 11.8. The van der Waals surface area contributed by atoms with Gasteiger partial charge >= 0.3 is 0 Å². The van der Waals surface area contributed by atoms with Crippen LogP contribution in [0, 0.1) is 0 Å². The third-order valence-electron chi connectivity index (χ3n) is 3.03. The number of rotatable bonds is 6. The van der Waals surface area contributed by atoms with Crippen molar-refractivity contribution >= 4 is 29.5 Å². The number of halogens is 2. The zero-order valence-corrected chi connectivity index (χ0v) is 12.9. The van der Waals surface area contributed by atoms with E-state index in [1.54, 1.807) is 49.6 Å². The van der Waals surface area contributed by atoms with Gasteiger partial charge < -0.3 is 14.3 Å². The lowest BCUT2D eigenvalue weighted by Crippen LogP contribution is -2.11. The lowest BCUT2D eigenvalue weighted by molar-refractivity contribution is -0.109. The fourth-order valence-electron chi connectivity index (χ4n) is 1.82. The molecule has 0 fully saturated rings. The van der Waals surface area contributed by atoms with Gasteiger partial charge in [0.1, 0.15) is 24.4 Å². The highest BCUT2D eigenvalue weighted by molar-refractivity contribution is 6.42. The van der Waals surface area contributed by atoms with Crippen LogP contribution in [-0.2, 0) is 4.79 Å². The summed E-state index contributed by atoms with van der Waals surface area (Å²) in [5.41, 5.74) is 0.771. The molecule has 21 heavy (non-hydrogen) atoms. The summed E-state index contributed by atoms with van der Waals surface area (Å²) in [4.78, 5) is 11.2. The van der Waals surface area contributed by atoms with Crippen molar-refractivity contribution in [3.05, 3.63) is 58.1 Å². The maximum Gasteiger partial charge on any atom is 0.130 e. The lowest BCUT2D eigenvalue weighted by Gasteiger charge is -2.13. The molecule has 2 aromatic rings. The summed E-state index contributed by atoms with van der Waals surface area (Å²) in [5, 5.41) is 0.881. The predicted molar refractivity (Wildman–Crippen MR) is 83.8 cm³/mol. The first-order valence-electron chi connectivity index (χ1n) is 6.31. The van der Waals surface area contributed by atoms with Crippen LogP contribution in [0.4, 0.5) is 0 Å². The number of carbonyl (C=O) groups excluding carboxylic acids is 1. The van der Waals surface area contributed by atoms with Crippen LogP contribution in [0.3, 0.4) is 0 Å². The van der Waals surface area contributed by atoms with Gasteiger partial charge in [-0.25, -0.2) is 0 Å². The smallest absolute Gasteiger partial charge is 0.130 e. The molecule has 5 heteroatoms. The van der Waals surface area contributed by atoms with Gasteiger partial charge in [-0.15, -0.1) is 0 Å². The Morgan fingerprint density at radius 2 is 1.71 bits per heavy atom. The highest BCUT2D eigenvalue weighted by Crippen LogP contribution is 2.26. The Hall–Kier alpha value is -1.71. The fraction of sp³-hybridized carbons (Fsp3) is 0.188. The summed E-state index contributed by atoms with van der Waals surface area (Å²) in [6, 6.07) is 12.3. The second-order valence-corrected chi connectivity index (χ2v) is 5.22. The van der Waals surface area contributed by atoms with Crippen molar-refractivity contribution in [2.24, 2.45) is 0 Å². The molecular formula is C16H14Cl2O3. The summed E-state index contributed by atoms with van der Waals surface area (Å²) in [6.07, 6.45) is 0.836. The summed E-state index contributed by atoms with van der Waals surface area (Å²) in [5.74, 6) is 1.02. The minimum absolute atomic E-state index is 0.230. The molecule has 2 aromatic carbocycles. The minimum atomic E-state index is -0.401. The quantitative estimate of drug-likeness (QED) is 0.740. The van der Waals surface area contributed by atoms with Gasteiger partial charge in [0.15, 0.2) is 0 Å². The highest BCUT2D eigenvalue weighted by Gasteiger charge is 2.13. The Kier molecular flexibility index (Phi) is 5.48. The van der Waals surface area contributed by atoms with E-state index < -0.39 is 5.92 Å². The van der Waals surface area contributed by atoms with E-state index in [0.29, 0.717) is 15.8 Å². The first-order valence-corrected chi connectivity index (χ1v) is 7.06. The Balaban J connectivity index is 2.04. The van der Waals surface area contributed by atoms with Crippen molar-refractivity contribution in [1.82, 2.24) is 0 Å². The van der Waals surface area contributed by atoms with Crippen molar-refractivity contribution < 1.29 is 14.3 Å². The molecule has 0 heterocycles. The van der Waals surface area contributed by atoms with Crippen molar-refractivity contribution in [3.63, 3.8) is 0 Å². The fourth-order valence-corrected chi connectivity index (χ4v) is 2.12. The third-order valence-corrected chi connectivity index (χ3v) is 3.76. The predicted octanol–water partition coefficient (Wildman–Crippen LogP) is 4.36. The molecule has 0 amide bonds. The summed E-state index contributed by atoms with van der Waals surface area (Å²) in [7, 11) is 1.60. The first kappa shape index (κ1) is 15.7. The number of methoxy groups -OCH3 is 1. The second kappa shape index (κ2) is 7.34. The molecule has 110 valence electrons. The number of hydrogen-bond acceptors (Lipinski definition) is 3. The molecule has 0 saturated heterocycles. The van der Waals surface area contributed by atoms with Crippen LogP contribution in [0.1, 0.15) is 11.5 Å². The van der Waals surface area contributed by atoms with E-state index in [-0.39, 0.29) is 6.61 Å². The van der Waals surface area contributed by atoms with E-state index >= 15 is 0 Å². The molecule has 1 unspecified atom stereocenters. The molecule has 0 spiro atoms. The number of carbonyl (C=O) groups is 1. The van der Waals surface area contributed by atoms with Crippen LogP contribution in [0.15, 0.2) is 42.5 Å². The van der Waals surface area contributed by atoms with Gasteiger partial charge in [0.25, 0.3) is 0 Å². The van der Waals surface area contributed by atoms with Gasteiger partial charge in [-0.3, -0.25) is 0 Å². The Bertz CT molecular complexity index is 611. The number of ether oxygens (including phenoxy) is 2. The molecular weight excluding hydrogens is 311 g/mol. The molecule has 0 radical (unpaired) electrons. The standard InChI is InChI=1S/C16H14Cl2O3/c1-20-13-3-5-14(6-4-13)21-10-12(9-19)11-2-7-15(17)16(18)8-11/h2-9,12H,10H2,1H3. The molecule has 3 nitrogen and oxygen atoms in total. The molecule has 0 aliphatic rings. The van der Waals surface area contributed by atoms with Gasteiger partial charge in [0.05, 0.1) is 23.1 Å². The maximum atomic E-state index is 11.2. The molecule has 1 atom stereocenters. The summed E-state index contributed by atoms with van der Waals surface area (Å²) < 4.78 is 10.7. The van der Waals surface area contributed by atoms with E-state index in [4.69, 9.17) is 32.7 Å². The average molecular weight is 325 g/mol. The zero-order valence-electron chi connectivity index (χ0n) is 11.4. The van der Waals surface area contributed by atoms with Gasteiger partial charge in [-0.05, 0) is 42.0 Å². The van der Waals surface area contributed by atoms with Crippen molar-refractivity contribution in [1.29, 1.82) is 0 Å². The molecule has 0 N–H and O–H groups in total. The van der Waals surface area contributed by atoms with Crippen LogP contribution in [0.5, 0.6) is 11.5 Å². The molecule has 2 rings (SSSR count). The Morgan fingerprint density at radius 1 is 1.05 bits per heavy atom. The number of hydrogen-bond donors (Lipinski definition) is 0. The lowest BCUT2D eigenvalue weighted by atomic mass is 10.0. The Morgan fingerprint density at radius 3 is 2.29 bits per heavy atom. The SMILES string of the molecule is COc1ccc(OCC(C=O)c2ccc(Cl)c(Cl)c2)cc1. The molecule has 0 saturated carbocycles. The van der Waals surface area contributed by atoms with E-state index in [9.17, 15) is 4.79 Å². The molecule has 0 bridgehead atoms. The number of benzene rings is 2. The van der Waals surface area contributed by atoms with Crippen molar-refractivity contribution in [2.45, 2.75) is 5.92 Å². The van der Waals surface area contributed by atoms with Crippen LogP contribution in [-0.4, -0.2) is 20.0 Å². The van der Waals surface area contributed by atoms with Gasteiger partial charge in [-0.1, -0.05) is 29.3 Å². The van der Waals surface area contributed by atoms with Crippen LogP contribution in [0.25, 0.3) is 0 Å². The Labute approximate surface area is 133 Å². The van der Waals surface area contributed by atoms with E-state index in [1.807, 2.05) is 0 Å². The van der Waals surface area contributed by atoms with Crippen LogP contribution in [0.2, 0.25) is 10.0 Å².